The van der Waals surface area contributed by atoms with E-state index in [1.54, 1.807) is 0 Å². The lowest BCUT2D eigenvalue weighted by molar-refractivity contribution is -0.140. The number of esters is 1. The quantitative estimate of drug-likeness (QED) is 0.725. The lowest BCUT2D eigenvalue weighted by Gasteiger charge is -2.15. The van der Waals surface area contributed by atoms with E-state index in [4.69, 9.17) is 0 Å². The molecule has 0 bridgehead atoms. The minimum atomic E-state index is -3.73. The zero-order valence-electron chi connectivity index (χ0n) is 10.9. The molecule has 0 atom stereocenters. The molecule has 108 valence electrons. The van der Waals surface area contributed by atoms with Crippen LogP contribution in [0.5, 0.6) is 0 Å². The van der Waals surface area contributed by atoms with Crippen molar-refractivity contribution < 1.29 is 17.9 Å². The summed E-state index contributed by atoms with van der Waals surface area (Å²) < 4.78 is 31.6. The molecule has 1 N–H and O–H groups in total. The third-order valence-electron chi connectivity index (χ3n) is 2.25. The summed E-state index contributed by atoms with van der Waals surface area (Å²) in [5.74, 6) is -0.466. The molecule has 0 unspecified atom stereocenters. The van der Waals surface area contributed by atoms with Crippen LogP contribution in [-0.2, 0) is 26.2 Å². The molecule has 8 nitrogen and oxygen atoms in total. The summed E-state index contributed by atoms with van der Waals surface area (Å²) in [5.41, 5.74) is 0. The molecule has 0 radical (unpaired) electrons. The minimum Gasteiger partial charge on any atom is -0.469 e. The monoisotopic (exact) mass is 308 g/mol. The first-order valence-corrected chi connectivity index (χ1v) is 7.78. The molecule has 0 fully saturated rings. The molecule has 0 saturated carbocycles. The second kappa shape index (κ2) is 6.78. The Balaban J connectivity index is 2.61. The van der Waals surface area contributed by atoms with Gasteiger partial charge in [0.25, 0.3) is 0 Å². The van der Waals surface area contributed by atoms with Crippen molar-refractivity contribution in [3.05, 3.63) is 5.01 Å². The Bertz CT molecular complexity index is 528. The van der Waals surface area contributed by atoms with Crippen molar-refractivity contribution in [2.45, 2.75) is 19.8 Å². The summed E-state index contributed by atoms with van der Waals surface area (Å²) >= 11 is 1.18. The molecular weight excluding hydrogens is 292 g/mol. The van der Waals surface area contributed by atoms with E-state index in [2.05, 4.69) is 19.7 Å². The van der Waals surface area contributed by atoms with E-state index in [-0.39, 0.29) is 18.1 Å². The molecule has 0 aliphatic heterocycles. The molecule has 0 aliphatic carbocycles. The van der Waals surface area contributed by atoms with Crippen molar-refractivity contribution in [1.82, 2.24) is 14.5 Å². The number of aryl methyl sites for hydroxylation is 1. The minimum absolute atomic E-state index is 0.00968. The molecule has 1 rings (SSSR count). The standard InChI is InChI=1S/C9H16N4O4S2/c1-4-7-10-11-9(18-7)12-19(15,16)13(2)6-5-8(14)17-3/h4-6H2,1-3H3,(H,11,12). The average molecular weight is 308 g/mol. The molecule has 10 heteroatoms. The van der Waals surface area contributed by atoms with Crippen LogP contribution < -0.4 is 4.72 Å². The van der Waals surface area contributed by atoms with Gasteiger partial charge >= 0.3 is 16.2 Å². The Hall–Kier alpha value is -1.26. The van der Waals surface area contributed by atoms with Gasteiger partial charge in [0.15, 0.2) is 0 Å². The predicted octanol–water partition coefficient (Wildman–Crippen LogP) is 0.252. The van der Waals surface area contributed by atoms with Crippen molar-refractivity contribution >= 4 is 32.6 Å². The molecule has 1 aromatic rings. The van der Waals surface area contributed by atoms with Crippen molar-refractivity contribution in [1.29, 1.82) is 0 Å². The highest BCUT2D eigenvalue weighted by Crippen LogP contribution is 2.17. The number of aromatic nitrogens is 2. The summed E-state index contributed by atoms with van der Waals surface area (Å²) in [7, 11) is -1.11. The number of nitrogens with zero attached hydrogens (tertiary/aromatic N) is 3. The second-order valence-corrected chi connectivity index (χ2v) is 6.45. The van der Waals surface area contributed by atoms with Gasteiger partial charge in [0.05, 0.1) is 13.5 Å². The third kappa shape index (κ3) is 4.73. The first-order valence-electron chi connectivity index (χ1n) is 5.52. The molecule has 0 saturated heterocycles. The van der Waals surface area contributed by atoms with Crippen molar-refractivity contribution in [2.75, 3.05) is 25.4 Å². The highest BCUT2D eigenvalue weighted by atomic mass is 32.2. The maximum atomic E-state index is 11.9. The summed E-state index contributed by atoms with van der Waals surface area (Å²) in [6.07, 6.45) is 0.682. The number of hydrogen-bond acceptors (Lipinski definition) is 7. The number of carbonyl (C=O) groups is 1. The number of carbonyl (C=O) groups excluding carboxylic acids is 1. The molecule has 1 heterocycles. The topological polar surface area (TPSA) is 101 Å². The maximum Gasteiger partial charge on any atom is 0.306 e. The van der Waals surface area contributed by atoms with E-state index in [0.717, 1.165) is 9.31 Å². The fourth-order valence-electron chi connectivity index (χ4n) is 1.10. The first kappa shape index (κ1) is 15.8. The lowest BCUT2D eigenvalue weighted by Crippen LogP contribution is -2.34. The zero-order valence-corrected chi connectivity index (χ0v) is 12.5. The third-order valence-corrected chi connectivity index (χ3v) is 4.82. The second-order valence-electron chi connectivity index (χ2n) is 3.61. The van der Waals surface area contributed by atoms with Crippen LogP contribution >= 0.6 is 11.3 Å². The van der Waals surface area contributed by atoms with E-state index >= 15 is 0 Å². The predicted molar refractivity (Wildman–Crippen MR) is 71.1 cm³/mol. The number of anilines is 1. The van der Waals surface area contributed by atoms with Gasteiger partial charge < -0.3 is 4.74 Å². The SMILES string of the molecule is CCc1nnc(NS(=O)(=O)N(C)CCC(=O)OC)s1. The van der Waals surface area contributed by atoms with E-state index < -0.39 is 16.2 Å². The van der Waals surface area contributed by atoms with E-state index in [1.807, 2.05) is 6.92 Å². The van der Waals surface area contributed by atoms with Crippen LogP contribution in [-0.4, -0.2) is 49.6 Å². The van der Waals surface area contributed by atoms with Gasteiger partial charge in [-0.2, -0.15) is 12.7 Å². The van der Waals surface area contributed by atoms with Crippen LogP contribution in [0.4, 0.5) is 5.13 Å². The number of rotatable bonds is 7. The Morgan fingerprint density at radius 1 is 1.47 bits per heavy atom. The highest BCUT2D eigenvalue weighted by molar-refractivity contribution is 7.90. The van der Waals surface area contributed by atoms with Crippen LogP contribution in [0.1, 0.15) is 18.4 Å². The lowest BCUT2D eigenvalue weighted by atomic mass is 10.4. The van der Waals surface area contributed by atoms with Gasteiger partial charge in [-0.3, -0.25) is 4.79 Å². The summed E-state index contributed by atoms with van der Waals surface area (Å²) in [5, 5.41) is 8.50. The van der Waals surface area contributed by atoms with Crippen LogP contribution in [0, 0.1) is 0 Å². The Morgan fingerprint density at radius 2 is 2.16 bits per heavy atom. The first-order chi connectivity index (χ1) is 8.89. The van der Waals surface area contributed by atoms with Gasteiger partial charge in [0, 0.05) is 13.6 Å². The molecule has 0 aromatic carbocycles. The van der Waals surface area contributed by atoms with Crippen LogP contribution in [0.15, 0.2) is 0 Å². The molecule has 0 amide bonds. The van der Waals surface area contributed by atoms with E-state index in [9.17, 15) is 13.2 Å². The number of ether oxygens (including phenoxy) is 1. The van der Waals surface area contributed by atoms with Gasteiger partial charge in [-0.1, -0.05) is 18.3 Å². The number of nitrogens with one attached hydrogen (secondary N) is 1. The Labute approximate surface area is 116 Å². The Kier molecular flexibility index (Phi) is 5.63. The fourth-order valence-corrected chi connectivity index (χ4v) is 2.86. The molecule has 1 aromatic heterocycles. The normalized spacial score (nSPS) is 11.6. The van der Waals surface area contributed by atoms with Gasteiger partial charge in [-0.25, -0.2) is 4.72 Å². The summed E-state index contributed by atoms with van der Waals surface area (Å²) in [4.78, 5) is 11.0. The molecule has 0 aliphatic rings. The smallest absolute Gasteiger partial charge is 0.306 e. The van der Waals surface area contributed by atoms with Gasteiger partial charge in [-0.05, 0) is 6.42 Å². The van der Waals surface area contributed by atoms with E-state index in [0.29, 0.717) is 6.42 Å². The fraction of sp³-hybridized carbons (Fsp3) is 0.667. The molecular formula is C9H16N4O4S2. The van der Waals surface area contributed by atoms with Crippen molar-refractivity contribution in [3.63, 3.8) is 0 Å². The zero-order chi connectivity index (χ0) is 14.5. The van der Waals surface area contributed by atoms with Gasteiger partial charge in [0.2, 0.25) is 5.13 Å². The summed E-state index contributed by atoms with van der Waals surface area (Å²) in [6.45, 7) is 1.93. The number of hydrogen-bond donors (Lipinski definition) is 1. The van der Waals surface area contributed by atoms with Crippen LogP contribution in [0.25, 0.3) is 0 Å². The van der Waals surface area contributed by atoms with Crippen molar-refractivity contribution in [3.8, 4) is 0 Å². The Morgan fingerprint density at radius 3 is 2.68 bits per heavy atom. The maximum absolute atomic E-state index is 11.9. The molecule has 0 spiro atoms. The molecule has 19 heavy (non-hydrogen) atoms. The van der Waals surface area contributed by atoms with Crippen LogP contribution in [0.3, 0.4) is 0 Å². The largest absolute Gasteiger partial charge is 0.469 e. The summed E-state index contributed by atoms with van der Waals surface area (Å²) in [6, 6.07) is 0. The van der Waals surface area contributed by atoms with Crippen molar-refractivity contribution in [2.24, 2.45) is 0 Å². The van der Waals surface area contributed by atoms with Gasteiger partial charge in [-0.15, -0.1) is 10.2 Å². The van der Waals surface area contributed by atoms with E-state index in [1.165, 1.54) is 25.5 Å². The average Bonchev–Trinajstić information content (AvgIpc) is 2.82. The van der Waals surface area contributed by atoms with Crippen LogP contribution in [0.2, 0.25) is 0 Å². The number of methoxy groups -OCH3 is 1. The highest BCUT2D eigenvalue weighted by Gasteiger charge is 2.20. The van der Waals surface area contributed by atoms with Gasteiger partial charge in [0.1, 0.15) is 5.01 Å².